The van der Waals surface area contributed by atoms with Crippen LogP contribution >= 0.6 is 0 Å². The quantitative estimate of drug-likeness (QED) is 0.497. The number of benzene rings is 2. The van der Waals surface area contributed by atoms with Crippen LogP contribution in [0.5, 0.6) is 0 Å². The first-order chi connectivity index (χ1) is 13.0. The highest BCUT2D eigenvalue weighted by Gasteiger charge is 2.23. The highest BCUT2D eigenvalue weighted by molar-refractivity contribution is 5.84. The molecule has 0 amide bonds. The largest absolute Gasteiger partial charge is 0.328 e. The van der Waals surface area contributed by atoms with Gasteiger partial charge in [-0.05, 0) is 72.3 Å². The second-order valence-corrected chi connectivity index (χ2v) is 10.3. The Morgan fingerprint density at radius 1 is 0.679 bits per heavy atom. The second kappa shape index (κ2) is 9.41. The van der Waals surface area contributed by atoms with Gasteiger partial charge in [-0.3, -0.25) is 0 Å². The van der Waals surface area contributed by atoms with Gasteiger partial charge in [0.1, 0.15) is 0 Å². The molecule has 2 unspecified atom stereocenters. The van der Waals surface area contributed by atoms with E-state index in [4.69, 9.17) is 11.5 Å². The molecule has 0 fully saturated rings. The van der Waals surface area contributed by atoms with Crippen molar-refractivity contribution in [2.24, 2.45) is 11.5 Å². The Bertz CT molecular complexity index is 695. The third kappa shape index (κ3) is 6.32. The lowest BCUT2D eigenvalue weighted by Crippen LogP contribution is -2.20. The van der Waals surface area contributed by atoms with E-state index >= 15 is 0 Å². The van der Waals surface area contributed by atoms with Gasteiger partial charge in [-0.2, -0.15) is 0 Å². The monoisotopic (exact) mass is 382 g/mol. The zero-order valence-corrected chi connectivity index (χ0v) is 19.0. The minimum absolute atomic E-state index is 0.172. The van der Waals surface area contributed by atoms with Crippen LogP contribution in [0.1, 0.15) is 91.2 Å². The Hall–Kier alpha value is -1.38. The molecule has 0 saturated carbocycles. The topological polar surface area (TPSA) is 52.0 Å². The summed E-state index contributed by atoms with van der Waals surface area (Å²) in [4.78, 5) is 0. The fourth-order valence-corrected chi connectivity index (χ4v) is 4.11. The molecule has 0 aliphatic carbocycles. The third-order valence-corrected chi connectivity index (χ3v) is 6.33. The molecule has 0 aromatic heterocycles. The van der Waals surface area contributed by atoms with Crippen LogP contribution in [0, 0.1) is 0 Å². The highest BCUT2D eigenvalue weighted by atomic mass is 14.6. The first-order valence-electron chi connectivity index (χ1n) is 11.1. The van der Waals surface area contributed by atoms with E-state index in [-0.39, 0.29) is 10.8 Å². The first kappa shape index (κ1) is 22.9. The number of hydrogen-bond acceptors (Lipinski definition) is 2. The van der Waals surface area contributed by atoms with E-state index in [0.29, 0.717) is 12.1 Å². The Labute approximate surface area is 173 Å². The SMILES string of the molecule is CC(N)CCCC(C)(C)c1ccc2ccc(C(C)(C)CCCC(C)N)cc2c1. The van der Waals surface area contributed by atoms with Gasteiger partial charge >= 0.3 is 0 Å². The maximum absolute atomic E-state index is 5.94. The van der Waals surface area contributed by atoms with Crippen LogP contribution in [0.15, 0.2) is 36.4 Å². The average molecular weight is 383 g/mol. The predicted octanol–water partition coefficient (Wildman–Crippen LogP) is 6.43. The maximum Gasteiger partial charge on any atom is 0.00104 e. The molecule has 2 rings (SSSR count). The molecule has 156 valence electrons. The van der Waals surface area contributed by atoms with Crippen molar-refractivity contribution in [3.8, 4) is 0 Å². The van der Waals surface area contributed by atoms with Crippen molar-refractivity contribution in [2.45, 2.75) is 103 Å². The highest BCUT2D eigenvalue weighted by Crippen LogP contribution is 2.34. The zero-order valence-electron chi connectivity index (χ0n) is 19.0. The fraction of sp³-hybridized carbons (Fsp3) is 0.615. The minimum atomic E-state index is 0.172. The van der Waals surface area contributed by atoms with Gasteiger partial charge in [0.15, 0.2) is 0 Å². The molecule has 2 aromatic carbocycles. The van der Waals surface area contributed by atoms with Crippen LogP contribution < -0.4 is 11.5 Å². The average Bonchev–Trinajstić information content (AvgIpc) is 2.59. The summed E-state index contributed by atoms with van der Waals surface area (Å²) >= 11 is 0. The maximum atomic E-state index is 5.94. The van der Waals surface area contributed by atoms with E-state index in [0.717, 1.165) is 12.8 Å². The number of fused-ring (bicyclic) bond motifs is 1. The van der Waals surface area contributed by atoms with Gasteiger partial charge < -0.3 is 11.5 Å². The molecule has 2 atom stereocenters. The molecule has 2 heteroatoms. The minimum Gasteiger partial charge on any atom is -0.328 e. The molecule has 28 heavy (non-hydrogen) atoms. The zero-order chi connectivity index (χ0) is 20.9. The molecule has 0 bridgehead atoms. The van der Waals surface area contributed by atoms with E-state index in [1.807, 2.05) is 0 Å². The molecule has 0 spiro atoms. The van der Waals surface area contributed by atoms with Crippen molar-refractivity contribution in [2.75, 3.05) is 0 Å². The first-order valence-corrected chi connectivity index (χ1v) is 11.1. The Morgan fingerprint density at radius 2 is 1.07 bits per heavy atom. The molecule has 2 nitrogen and oxygen atoms in total. The standard InChI is InChI=1S/C26H42N2/c1-19(27)9-7-15-25(3,4)23-13-11-21-12-14-24(18-22(21)17-23)26(5,6)16-8-10-20(2)28/h11-14,17-20H,7-10,15-16,27-28H2,1-6H3. The van der Waals surface area contributed by atoms with Gasteiger partial charge in [-0.25, -0.2) is 0 Å². The number of rotatable bonds is 10. The Kier molecular flexibility index (Phi) is 7.70. The van der Waals surface area contributed by atoms with Gasteiger partial charge in [-0.1, -0.05) is 76.9 Å². The molecular weight excluding hydrogens is 340 g/mol. The summed E-state index contributed by atoms with van der Waals surface area (Å²) in [7, 11) is 0. The molecule has 0 aliphatic heterocycles. The summed E-state index contributed by atoms with van der Waals surface area (Å²) in [5, 5.41) is 2.68. The third-order valence-electron chi connectivity index (χ3n) is 6.33. The molecule has 2 aromatic rings. The van der Waals surface area contributed by atoms with Gasteiger partial charge in [0, 0.05) is 12.1 Å². The van der Waals surface area contributed by atoms with E-state index in [1.165, 1.54) is 47.6 Å². The summed E-state index contributed by atoms with van der Waals surface area (Å²) in [6.07, 6.45) is 6.88. The summed E-state index contributed by atoms with van der Waals surface area (Å²) in [6.45, 7) is 13.6. The Balaban J connectivity index is 2.22. The van der Waals surface area contributed by atoms with Crippen LogP contribution in [0.25, 0.3) is 10.8 Å². The van der Waals surface area contributed by atoms with Crippen LogP contribution in [-0.2, 0) is 10.8 Å². The lowest BCUT2D eigenvalue weighted by atomic mass is 9.77. The summed E-state index contributed by atoms with van der Waals surface area (Å²) in [6, 6.07) is 14.6. The van der Waals surface area contributed by atoms with Gasteiger partial charge in [0.2, 0.25) is 0 Å². The van der Waals surface area contributed by atoms with Crippen molar-refractivity contribution in [3.05, 3.63) is 47.5 Å². The molecule has 0 saturated heterocycles. The van der Waals surface area contributed by atoms with E-state index in [2.05, 4.69) is 77.9 Å². The van der Waals surface area contributed by atoms with Crippen molar-refractivity contribution in [1.29, 1.82) is 0 Å². The van der Waals surface area contributed by atoms with Gasteiger partial charge in [-0.15, -0.1) is 0 Å². The molecular formula is C26H42N2. The number of hydrogen-bond donors (Lipinski definition) is 2. The second-order valence-electron chi connectivity index (χ2n) is 10.3. The van der Waals surface area contributed by atoms with Crippen LogP contribution in [0.3, 0.4) is 0 Å². The normalized spacial score (nSPS) is 15.0. The van der Waals surface area contributed by atoms with Crippen molar-refractivity contribution in [3.63, 3.8) is 0 Å². The van der Waals surface area contributed by atoms with E-state index < -0.39 is 0 Å². The summed E-state index contributed by atoms with van der Waals surface area (Å²) in [5.41, 5.74) is 15.1. The fourth-order valence-electron chi connectivity index (χ4n) is 4.11. The molecule has 0 aliphatic rings. The lowest BCUT2D eigenvalue weighted by molar-refractivity contribution is 0.439. The van der Waals surface area contributed by atoms with Crippen LogP contribution in [-0.4, -0.2) is 12.1 Å². The Morgan fingerprint density at radius 3 is 1.43 bits per heavy atom. The van der Waals surface area contributed by atoms with Crippen molar-refractivity contribution >= 4 is 10.8 Å². The molecule has 4 N–H and O–H groups in total. The molecule has 0 radical (unpaired) electrons. The molecule has 0 heterocycles. The van der Waals surface area contributed by atoms with Crippen molar-refractivity contribution < 1.29 is 0 Å². The number of nitrogens with two attached hydrogens (primary N) is 2. The smallest absolute Gasteiger partial charge is 0.00104 e. The van der Waals surface area contributed by atoms with Crippen LogP contribution in [0.4, 0.5) is 0 Å². The summed E-state index contributed by atoms with van der Waals surface area (Å²) < 4.78 is 0. The van der Waals surface area contributed by atoms with E-state index in [9.17, 15) is 0 Å². The van der Waals surface area contributed by atoms with E-state index in [1.54, 1.807) is 0 Å². The van der Waals surface area contributed by atoms with Crippen LogP contribution in [0.2, 0.25) is 0 Å². The predicted molar refractivity (Wildman–Crippen MR) is 125 cm³/mol. The summed E-state index contributed by atoms with van der Waals surface area (Å²) in [5.74, 6) is 0. The van der Waals surface area contributed by atoms with Gasteiger partial charge in [0.25, 0.3) is 0 Å². The van der Waals surface area contributed by atoms with Gasteiger partial charge in [0.05, 0.1) is 0 Å². The lowest BCUT2D eigenvalue weighted by Gasteiger charge is -2.28. The van der Waals surface area contributed by atoms with Crippen molar-refractivity contribution in [1.82, 2.24) is 0 Å².